The lowest BCUT2D eigenvalue weighted by Gasteiger charge is -2.35. The molecule has 2 aliphatic rings. The lowest BCUT2D eigenvalue weighted by atomic mass is 9.86. The minimum atomic E-state index is -0.605. The highest BCUT2D eigenvalue weighted by atomic mass is 19.1. The molecule has 134 valence electrons. The largest absolute Gasteiger partial charge is 0.342 e. The van der Waals surface area contributed by atoms with E-state index in [-0.39, 0.29) is 18.2 Å². The maximum Gasteiger partial charge on any atom is 0.230 e. The van der Waals surface area contributed by atoms with Gasteiger partial charge in [0.2, 0.25) is 11.8 Å². The number of hydrogen-bond donors (Lipinski definition) is 1. The number of carbonyl (C=O) groups is 2. The summed E-state index contributed by atoms with van der Waals surface area (Å²) in [4.78, 5) is 30.9. The van der Waals surface area contributed by atoms with Crippen molar-refractivity contribution in [2.45, 2.75) is 31.1 Å². The summed E-state index contributed by atoms with van der Waals surface area (Å²) in [5, 5.41) is 2.72. The number of carbonyl (C=O) groups excluding carboxylic acids is 2. The van der Waals surface area contributed by atoms with E-state index in [1.165, 1.54) is 23.8 Å². The van der Waals surface area contributed by atoms with Gasteiger partial charge < -0.3 is 10.2 Å². The zero-order valence-electron chi connectivity index (χ0n) is 14.3. The van der Waals surface area contributed by atoms with E-state index in [4.69, 9.17) is 0 Å². The summed E-state index contributed by atoms with van der Waals surface area (Å²) in [5.41, 5.74) is 2.36. The third-order valence-electron chi connectivity index (χ3n) is 5.33. The SMILES string of the molecule is O=C1C[C@H](C(=O)N2CCC(c3ccncc3)CC2)c2cc(F)ccc2N1. The van der Waals surface area contributed by atoms with Crippen molar-refractivity contribution in [3.63, 3.8) is 0 Å². The molecular weight excluding hydrogens is 333 g/mol. The van der Waals surface area contributed by atoms with Gasteiger partial charge in [0, 0.05) is 37.6 Å². The van der Waals surface area contributed by atoms with E-state index in [1.54, 1.807) is 12.4 Å². The Kier molecular flexibility index (Phi) is 4.41. The minimum Gasteiger partial charge on any atom is -0.342 e. The van der Waals surface area contributed by atoms with Gasteiger partial charge in [0.25, 0.3) is 0 Å². The van der Waals surface area contributed by atoms with Crippen LogP contribution in [0.4, 0.5) is 10.1 Å². The Morgan fingerprint density at radius 1 is 1.15 bits per heavy atom. The van der Waals surface area contributed by atoms with Crippen LogP contribution in [0.5, 0.6) is 0 Å². The molecule has 1 saturated heterocycles. The summed E-state index contributed by atoms with van der Waals surface area (Å²) in [6.07, 6.45) is 5.41. The highest BCUT2D eigenvalue weighted by Crippen LogP contribution is 2.36. The van der Waals surface area contributed by atoms with Crippen LogP contribution in [0.15, 0.2) is 42.7 Å². The molecule has 2 aliphatic heterocycles. The molecule has 0 aliphatic carbocycles. The summed E-state index contributed by atoms with van der Waals surface area (Å²) < 4.78 is 13.7. The monoisotopic (exact) mass is 353 g/mol. The van der Waals surface area contributed by atoms with Crippen molar-refractivity contribution in [2.24, 2.45) is 0 Å². The van der Waals surface area contributed by atoms with Gasteiger partial charge in [-0.1, -0.05) is 0 Å². The van der Waals surface area contributed by atoms with Crippen molar-refractivity contribution >= 4 is 17.5 Å². The van der Waals surface area contributed by atoms with E-state index in [9.17, 15) is 14.0 Å². The minimum absolute atomic E-state index is 0.0690. The van der Waals surface area contributed by atoms with Crippen LogP contribution in [-0.2, 0) is 9.59 Å². The molecule has 0 saturated carbocycles. The van der Waals surface area contributed by atoms with Crippen LogP contribution in [-0.4, -0.2) is 34.8 Å². The number of halogens is 1. The molecule has 1 aromatic carbocycles. The molecule has 6 heteroatoms. The van der Waals surface area contributed by atoms with Crippen LogP contribution in [0.1, 0.15) is 42.2 Å². The number of amides is 2. The molecule has 2 aromatic rings. The average molecular weight is 353 g/mol. The molecular formula is C20H20FN3O2. The van der Waals surface area contributed by atoms with Gasteiger partial charge in [-0.05, 0) is 60.2 Å². The summed E-state index contributed by atoms with van der Waals surface area (Å²) in [5.74, 6) is -0.864. The number of pyridine rings is 1. The summed E-state index contributed by atoms with van der Waals surface area (Å²) in [6, 6.07) is 8.23. The van der Waals surface area contributed by atoms with Crippen molar-refractivity contribution in [1.29, 1.82) is 0 Å². The Labute approximate surface area is 151 Å². The van der Waals surface area contributed by atoms with Crippen molar-refractivity contribution < 1.29 is 14.0 Å². The Balaban J connectivity index is 1.49. The predicted octanol–water partition coefficient (Wildman–Crippen LogP) is 3.05. The number of aromatic nitrogens is 1. The Hall–Kier alpha value is -2.76. The van der Waals surface area contributed by atoms with E-state index in [0.717, 1.165) is 12.8 Å². The molecule has 0 bridgehead atoms. The number of piperidine rings is 1. The van der Waals surface area contributed by atoms with Crippen LogP contribution in [0.25, 0.3) is 0 Å². The van der Waals surface area contributed by atoms with Gasteiger partial charge in [0.1, 0.15) is 5.82 Å². The molecule has 1 aromatic heterocycles. The maximum absolute atomic E-state index is 13.7. The molecule has 0 radical (unpaired) electrons. The fraction of sp³-hybridized carbons (Fsp3) is 0.350. The number of hydrogen-bond acceptors (Lipinski definition) is 3. The van der Waals surface area contributed by atoms with E-state index >= 15 is 0 Å². The fourth-order valence-corrected chi connectivity index (χ4v) is 3.94. The normalized spacial score (nSPS) is 20.4. The maximum atomic E-state index is 13.7. The highest BCUT2D eigenvalue weighted by Gasteiger charge is 2.35. The lowest BCUT2D eigenvalue weighted by Crippen LogP contribution is -2.42. The highest BCUT2D eigenvalue weighted by molar-refractivity contribution is 6.01. The average Bonchev–Trinajstić information content (AvgIpc) is 2.68. The van der Waals surface area contributed by atoms with Crippen molar-refractivity contribution in [3.05, 3.63) is 59.7 Å². The van der Waals surface area contributed by atoms with Gasteiger partial charge in [0.15, 0.2) is 0 Å². The molecule has 2 amide bonds. The number of anilines is 1. The zero-order chi connectivity index (χ0) is 18.1. The van der Waals surface area contributed by atoms with E-state index in [0.29, 0.717) is 30.3 Å². The molecule has 1 atom stereocenters. The van der Waals surface area contributed by atoms with Crippen molar-refractivity contribution in [2.75, 3.05) is 18.4 Å². The van der Waals surface area contributed by atoms with Crippen LogP contribution in [0, 0.1) is 5.82 Å². The first-order chi connectivity index (χ1) is 12.6. The first kappa shape index (κ1) is 16.7. The Morgan fingerprint density at radius 2 is 1.88 bits per heavy atom. The number of nitrogens with zero attached hydrogens (tertiary/aromatic N) is 2. The molecule has 3 heterocycles. The van der Waals surface area contributed by atoms with Crippen LogP contribution >= 0.6 is 0 Å². The zero-order valence-corrected chi connectivity index (χ0v) is 14.3. The van der Waals surface area contributed by atoms with E-state index in [2.05, 4.69) is 10.3 Å². The van der Waals surface area contributed by atoms with Gasteiger partial charge in [-0.3, -0.25) is 14.6 Å². The molecule has 1 N–H and O–H groups in total. The summed E-state index contributed by atoms with van der Waals surface area (Å²) in [7, 11) is 0. The van der Waals surface area contributed by atoms with Crippen molar-refractivity contribution in [3.8, 4) is 0 Å². The summed E-state index contributed by atoms with van der Waals surface area (Å²) in [6.45, 7) is 1.29. The standard InChI is InChI=1S/C20H20FN3O2/c21-15-1-2-18-16(11-15)17(12-19(25)23-18)20(26)24-9-5-14(6-10-24)13-3-7-22-8-4-13/h1-4,7-8,11,14,17H,5-6,9-10,12H2,(H,23,25)/t17-/m0/s1. The van der Waals surface area contributed by atoms with Crippen LogP contribution in [0.3, 0.4) is 0 Å². The third-order valence-corrected chi connectivity index (χ3v) is 5.33. The molecule has 1 fully saturated rings. The second-order valence-corrected chi connectivity index (χ2v) is 6.92. The topological polar surface area (TPSA) is 62.3 Å². The van der Waals surface area contributed by atoms with Gasteiger partial charge in [-0.2, -0.15) is 0 Å². The van der Waals surface area contributed by atoms with E-state index in [1.807, 2.05) is 17.0 Å². The molecule has 26 heavy (non-hydrogen) atoms. The van der Waals surface area contributed by atoms with Gasteiger partial charge in [-0.15, -0.1) is 0 Å². The van der Waals surface area contributed by atoms with Crippen LogP contribution in [0.2, 0.25) is 0 Å². The van der Waals surface area contributed by atoms with E-state index < -0.39 is 11.7 Å². The lowest BCUT2D eigenvalue weighted by molar-refractivity contribution is -0.135. The molecule has 0 spiro atoms. The van der Waals surface area contributed by atoms with Crippen molar-refractivity contribution in [1.82, 2.24) is 9.88 Å². The van der Waals surface area contributed by atoms with Gasteiger partial charge >= 0.3 is 0 Å². The number of nitrogens with one attached hydrogen (secondary N) is 1. The molecule has 5 nitrogen and oxygen atoms in total. The second-order valence-electron chi connectivity index (χ2n) is 6.92. The Bertz CT molecular complexity index is 832. The van der Waals surface area contributed by atoms with Gasteiger partial charge in [-0.25, -0.2) is 4.39 Å². The third kappa shape index (κ3) is 3.19. The fourth-order valence-electron chi connectivity index (χ4n) is 3.94. The number of rotatable bonds is 2. The first-order valence-electron chi connectivity index (χ1n) is 8.90. The summed E-state index contributed by atoms with van der Waals surface area (Å²) >= 11 is 0. The molecule has 0 unspecified atom stereocenters. The second kappa shape index (κ2) is 6.86. The number of benzene rings is 1. The van der Waals surface area contributed by atoms with Crippen LogP contribution < -0.4 is 5.32 Å². The Morgan fingerprint density at radius 3 is 2.62 bits per heavy atom. The van der Waals surface area contributed by atoms with Gasteiger partial charge in [0.05, 0.1) is 5.92 Å². The number of likely N-dealkylation sites (tertiary alicyclic amines) is 1. The number of fused-ring (bicyclic) bond motifs is 1. The molecule has 4 rings (SSSR count). The quantitative estimate of drug-likeness (QED) is 0.903. The smallest absolute Gasteiger partial charge is 0.230 e. The predicted molar refractivity (Wildman–Crippen MR) is 95.2 cm³/mol. The first-order valence-corrected chi connectivity index (χ1v) is 8.90.